The number of fused-ring (bicyclic) bond motifs is 1. The topological polar surface area (TPSA) is 142 Å². The molecule has 3 heterocycles. The van der Waals surface area contributed by atoms with E-state index in [1.54, 1.807) is 37.7 Å². The number of nitrogens with two attached hydrogens (primary N) is 1. The van der Waals surface area contributed by atoms with Crippen LogP contribution in [-0.2, 0) is 19.3 Å². The minimum Gasteiger partial charge on any atom is -0.505 e. The number of benzene rings is 1. The molecule has 0 atom stereocenters. The van der Waals surface area contributed by atoms with Crippen molar-refractivity contribution in [2.24, 2.45) is 0 Å². The molecule has 3 N–H and O–H groups in total. The molecule has 12 heteroatoms. The summed E-state index contributed by atoms with van der Waals surface area (Å²) in [6.07, 6.45) is 7.40. The number of methoxy groups -OCH3 is 1. The number of aromatic hydroxyl groups is 1. The van der Waals surface area contributed by atoms with E-state index in [1.165, 1.54) is 16.6 Å². The molecule has 0 unspecified atom stereocenters. The van der Waals surface area contributed by atoms with Gasteiger partial charge in [0.05, 0.1) is 36.9 Å². The van der Waals surface area contributed by atoms with Crippen molar-refractivity contribution in [1.29, 1.82) is 0 Å². The number of anilines is 1. The molecule has 10 nitrogen and oxygen atoms in total. The van der Waals surface area contributed by atoms with E-state index in [1.807, 2.05) is 0 Å². The highest BCUT2D eigenvalue weighted by atomic mass is 32.2. The largest absolute Gasteiger partial charge is 0.505 e. The molecule has 0 spiro atoms. The number of rotatable bonds is 8. The summed E-state index contributed by atoms with van der Waals surface area (Å²) in [6.45, 7) is 1.05. The van der Waals surface area contributed by atoms with Gasteiger partial charge in [-0.2, -0.15) is 9.61 Å². The van der Waals surface area contributed by atoms with Crippen molar-refractivity contribution < 1.29 is 27.4 Å². The maximum atomic E-state index is 13.8. The highest BCUT2D eigenvalue weighted by Gasteiger charge is 2.32. The Morgan fingerprint density at radius 1 is 1.10 bits per heavy atom. The number of nitrogens with zero attached hydrogens (tertiary/aromatic N) is 4. The van der Waals surface area contributed by atoms with Crippen molar-refractivity contribution in [2.75, 3.05) is 32.3 Å². The van der Waals surface area contributed by atoms with Gasteiger partial charge in [0, 0.05) is 42.2 Å². The average Bonchev–Trinajstić information content (AvgIpc) is 3.35. The van der Waals surface area contributed by atoms with Crippen molar-refractivity contribution in [2.45, 2.75) is 42.6 Å². The number of halogens is 1. The molecule has 39 heavy (non-hydrogen) atoms. The minimum atomic E-state index is -3.69. The summed E-state index contributed by atoms with van der Waals surface area (Å²) < 4.78 is 51.8. The molecule has 1 aliphatic rings. The van der Waals surface area contributed by atoms with E-state index >= 15 is 0 Å². The highest BCUT2D eigenvalue weighted by molar-refractivity contribution is 7.91. The molecule has 1 aliphatic carbocycles. The lowest BCUT2D eigenvalue weighted by molar-refractivity contribution is -0.00308. The van der Waals surface area contributed by atoms with E-state index in [0.29, 0.717) is 59.8 Å². The maximum absolute atomic E-state index is 13.8. The predicted molar refractivity (Wildman–Crippen MR) is 144 cm³/mol. The minimum absolute atomic E-state index is 0.0104. The van der Waals surface area contributed by atoms with Crippen LogP contribution in [0, 0.1) is 5.82 Å². The number of hydrogen-bond acceptors (Lipinski definition) is 9. The molecule has 0 aliphatic heterocycles. The Hall–Kier alpha value is -3.61. The second-order valence-electron chi connectivity index (χ2n) is 9.71. The zero-order valence-electron chi connectivity index (χ0n) is 21.7. The van der Waals surface area contributed by atoms with Crippen LogP contribution < -0.4 is 5.73 Å². The number of aromatic nitrogens is 4. The van der Waals surface area contributed by atoms with Crippen molar-refractivity contribution in [3.8, 4) is 28.1 Å². The summed E-state index contributed by atoms with van der Waals surface area (Å²) in [5.74, 6) is -1.24. The molecule has 0 saturated heterocycles. The van der Waals surface area contributed by atoms with Crippen molar-refractivity contribution >= 4 is 21.3 Å². The Morgan fingerprint density at radius 3 is 2.49 bits per heavy atom. The Bertz CT molecular complexity index is 1600. The lowest BCUT2D eigenvalue weighted by atomic mass is 9.85. The monoisotopic (exact) mass is 555 g/mol. The summed E-state index contributed by atoms with van der Waals surface area (Å²) >= 11 is 0. The van der Waals surface area contributed by atoms with E-state index in [2.05, 4.69) is 10.1 Å². The molecule has 5 rings (SSSR count). The zero-order chi connectivity index (χ0) is 27.7. The fourth-order valence-corrected chi connectivity index (χ4v) is 6.13. The van der Waals surface area contributed by atoms with Crippen molar-refractivity contribution in [3.05, 3.63) is 54.2 Å². The van der Waals surface area contributed by atoms with Crippen molar-refractivity contribution in [1.82, 2.24) is 19.6 Å². The Labute approximate surface area is 225 Å². The van der Waals surface area contributed by atoms with E-state index in [-0.39, 0.29) is 22.7 Å². The molecule has 0 radical (unpaired) electrons. The summed E-state index contributed by atoms with van der Waals surface area (Å²) in [7, 11) is -2.06. The molecule has 4 aromatic rings. The fraction of sp³-hybridized carbons (Fsp3) is 0.370. The van der Waals surface area contributed by atoms with Gasteiger partial charge in [-0.15, -0.1) is 0 Å². The number of nitrogen functional groups attached to an aromatic ring is 1. The normalized spacial score (nSPS) is 18.0. The molecule has 1 fully saturated rings. The molecule has 1 aromatic carbocycles. The zero-order valence-corrected chi connectivity index (χ0v) is 22.5. The molecule has 3 aromatic heterocycles. The maximum Gasteiger partial charge on any atom is 0.180 e. The van der Waals surface area contributed by atoms with Gasteiger partial charge in [-0.3, -0.25) is 4.98 Å². The number of sulfone groups is 1. The third-order valence-electron chi connectivity index (χ3n) is 7.05. The first-order valence-corrected chi connectivity index (χ1v) is 14.5. The number of phenols is 1. The van der Waals surface area contributed by atoms with Crippen LogP contribution in [0.1, 0.15) is 37.3 Å². The second-order valence-corrected chi connectivity index (χ2v) is 11.7. The summed E-state index contributed by atoms with van der Waals surface area (Å²) in [6, 6.07) is 7.59. The number of hydrogen-bond donors (Lipinski definition) is 2. The third-order valence-corrected chi connectivity index (χ3v) is 8.21. The Morgan fingerprint density at radius 2 is 1.85 bits per heavy atom. The van der Waals surface area contributed by atoms with Crippen LogP contribution >= 0.6 is 0 Å². The van der Waals surface area contributed by atoms with Crippen LogP contribution in [0.25, 0.3) is 28.0 Å². The fourth-order valence-electron chi connectivity index (χ4n) is 5.07. The van der Waals surface area contributed by atoms with Crippen LogP contribution in [0.3, 0.4) is 0 Å². The van der Waals surface area contributed by atoms with Gasteiger partial charge in [0.15, 0.2) is 27.1 Å². The lowest BCUT2D eigenvalue weighted by Crippen LogP contribution is -2.24. The van der Waals surface area contributed by atoms with Gasteiger partial charge >= 0.3 is 0 Å². The van der Waals surface area contributed by atoms with E-state index in [4.69, 9.17) is 20.2 Å². The van der Waals surface area contributed by atoms with Gasteiger partial charge < -0.3 is 20.3 Å². The molecule has 206 valence electrons. The molecule has 1 saturated carbocycles. The smallest absolute Gasteiger partial charge is 0.180 e. The van der Waals surface area contributed by atoms with Crippen LogP contribution in [0.4, 0.5) is 10.2 Å². The third kappa shape index (κ3) is 5.45. The molecule has 0 amide bonds. The lowest BCUT2D eigenvalue weighted by Gasteiger charge is -2.29. The van der Waals surface area contributed by atoms with Crippen LogP contribution in [0.2, 0.25) is 0 Å². The van der Waals surface area contributed by atoms with Gasteiger partial charge in [0.1, 0.15) is 10.7 Å². The average molecular weight is 556 g/mol. The summed E-state index contributed by atoms with van der Waals surface area (Å²) in [4.78, 5) is 9.30. The van der Waals surface area contributed by atoms with Crippen LogP contribution in [0.5, 0.6) is 5.75 Å². The van der Waals surface area contributed by atoms with E-state index in [0.717, 1.165) is 19.1 Å². The first-order chi connectivity index (χ1) is 18.7. The Balaban J connectivity index is 1.50. The van der Waals surface area contributed by atoms with Gasteiger partial charge in [-0.25, -0.2) is 17.8 Å². The van der Waals surface area contributed by atoms with E-state index in [9.17, 15) is 17.9 Å². The van der Waals surface area contributed by atoms with Gasteiger partial charge in [-0.05, 0) is 49.9 Å². The highest BCUT2D eigenvalue weighted by Crippen LogP contribution is 2.39. The summed E-state index contributed by atoms with van der Waals surface area (Å²) in [5, 5.41) is 13.8. The quantitative estimate of drug-likeness (QED) is 0.309. The second kappa shape index (κ2) is 10.9. The summed E-state index contributed by atoms with van der Waals surface area (Å²) in [5.41, 5.74) is 9.64. The van der Waals surface area contributed by atoms with Gasteiger partial charge in [0.2, 0.25) is 0 Å². The molecular weight excluding hydrogens is 525 g/mol. The van der Waals surface area contributed by atoms with Crippen molar-refractivity contribution in [3.63, 3.8) is 0 Å². The number of phenolic OH excluding ortho intramolecular Hbond substituents is 1. The first-order valence-electron chi connectivity index (χ1n) is 12.6. The number of ether oxygens (including phenoxy) is 2. The number of pyridine rings is 1. The molecule has 0 bridgehead atoms. The Kier molecular flexibility index (Phi) is 7.52. The van der Waals surface area contributed by atoms with Gasteiger partial charge in [0.25, 0.3) is 0 Å². The SMILES string of the molecule is COCCOC1CCC(c2nc3c(-c4ccc(-c5ccc(O)c(F)c5)nc4)cnn3c(N)c2S(C)(=O)=O)CC1. The van der Waals surface area contributed by atoms with Gasteiger partial charge in [-0.1, -0.05) is 6.07 Å². The molecular formula is C27H30FN5O5S. The van der Waals surface area contributed by atoms with Crippen LogP contribution in [-0.4, -0.2) is 65.8 Å². The van der Waals surface area contributed by atoms with Crippen LogP contribution in [0.15, 0.2) is 47.6 Å². The van der Waals surface area contributed by atoms with E-state index < -0.39 is 21.4 Å². The predicted octanol–water partition coefficient (Wildman–Crippen LogP) is 3.98. The standard InChI is InChI=1S/C27H30FN5O5S/c1-37-11-12-38-19-7-3-16(4-8-19)24-25(39(2,35)36)26(29)33-27(32-24)20(15-31-33)18-5-9-22(30-14-18)17-6-10-23(34)21(28)13-17/h5-6,9-10,13-16,19,34H,3-4,7-8,11-12,29H2,1-2H3. The first kappa shape index (κ1) is 27.0.